The maximum Gasteiger partial charge on any atom is 0.330 e. The third-order valence-electron chi connectivity index (χ3n) is 7.26. The molecular weight excluding hydrogens is 472 g/mol. The fourth-order valence-electron chi connectivity index (χ4n) is 5.63. The quantitative estimate of drug-likeness (QED) is 0.146. The number of carbonyl (C=O) groups is 1. The highest BCUT2D eigenvalue weighted by atomic mass is 16.6. The Morgan fingerprint density at radius 3 is 2.08 bits per heavy atom. The monoisotopic (exact) mass is 498 g/mol. The maximum atomic E-state index is 11.3. The molecule has 5 aromatic carbocycles. The van der Waals surface area contributed by atoms with Crippen LogP contribution in [0.15, 0.2) is 122 Å². The van der Waals surface area contributed by atoms with Gasteiger partial charge in [-0.15, -0.1) is 0 Å². The minimum absolute atomic E-state index is 0.151. The molecule has 0 radical (unpaired) electrons. The second-order valence-corrected chi connectivity index (χ2v) is 9.33. The Hall–Kier alpha value is -4.83. The Bertz CT molecular complexity index is 1650. The molecule has 0 aromatic heterocycles. The largest absolute Gasteiger partial charge is 0.508 e. The maximum absolute atomic E-state index is 11.3. The van der Waals surface area contributed by atoms with Gasteiger partial charge in [-0.1, -0.05) is 79.4 Å². The van der Waals surface area contributed by atoms with Gasteiger partial charge in [-0.25, -0.2) is 4.79 Å². The number of phenolic OH excluding ortho intramolecular Hbond substituents is 1. The molecule has 4 heteroatoms. The predicted octanol–water partition coefficient (Wildman–Crippen LogP) is 7.02. The molecule has 1 unspecified atom stereocenters. The van der Waals surface area contributed by atoms with Gasteiger partial charge in [0, 0.05) is 6.08 Å². The topological polar surface area (TPSA) is 55.8 Å². The van der Waals surface area contributed by atoms with Crippen LogP contribution in [0.5, 0.6) is 11.5 Å². The lowest BCUT2D eigenvalue weighted by Crippen LogP contribution is -2.28. The molecule has 0 fully saturated rings. The molecule has 0 bridgehead atoms. The molecule has 0 spiro atoms. The lowest BCUT2D eigenvalue weighted by Gasteiger charge is -2.34. The third-order valence-corrected chi connectivity index (χ3v) is 7.26. The van der Waals surface area contributed by atoms with Crippen LogP contribution < -0.4 is 4.74 Å². The summed E-state index contributed by atoms with van der Waals surface area (Å²) in [6.07, 6.45) is 1.14. The Balaban J connectivity index is 1.51. The Morgan fingerprint density at radius 2 is 1.37 bits per heavy atom. The zero-order valence-corrected chi connectivity index (χ0v) is 20.8. The molecule has 4 nitrogen and oxygen atoms in total. The predicted molar refractivity (Wildman–Crippen MR) is 150 cm³/mol. The highest BCUT2D eigenvalue weighted by molar-refractivity contribution is 5.95. The zero-order valence-electron chi connectivity index (χ0n) is 20.8. The van der Waals surface area contributed by atoms with Crippen LogP contribution >= 0.6 is 0 Å². The van der Waals surface area contributed by atoms with Gasteiger partial charge in [0.2, 0.25) is 0 Å². The summed E-state index contributed by atoms with van der Waals surface area (Å²) in [5.41, 5.74) is 6.38. The van der Waals surface area contributed by atoms with Crippen molar-refractivity contribution in [3.8, 4) is 22.6 Å². The van der Waals surface area contributed by atoms with E-state index in [-0.39, 0.29) is 19.0 Å². The molecule has 1 aliphatic rings. The Labute approximate surface area is 221 Å². The smallest absolute Gasteiger partial charge is 0.330 e. The third kappa shape index (κ3) is 3.82. The fraction of sp³-hybridized carbons (Fsp3) is 0.0882. The van der Waals surface area contributed by atoms with Crippen molar-refractivity contribution in [2.24, 2.45) is 0 Å². The number of aromatic hydroxyl groups is 1. The van der Waals surface area contributed by atoms with Crippen LogP contribution in [-0.4, -0.2) is 24.3 Å². The minimum atomic E-state index is -0.582. The van der Waals surface area contributed by atoms with Gasteiger partial charge in [0.25, 0.3) is 0 Å². The standard InChI is InChI=1S/C34H26O4/c1-2-33(36)38-20-19-37-28-17-13-26(14-18-28)34(25-11-15-27(35)16-12-25)31-10-6-5-9-29(31)30-21-23-7-3-4-8-24(23)22-32(30)34/h2-18,21-22,35H,1,19-20H2. The molecule has 0 amide bonds. The van der Waals surface area contributed by atoms with Crippen LogP contribution in [0.2, 0.25) is 0 Å². The van der Waals surface area contributed by atoms with Crippen LogP contribution in [0.25, 0.3) is 21.9 Å². The second-order valence-electron chi connectivity index (χ2n) is 9.33. The van der Waals surface area contributed by atoms with E-state index in [1.54, 1.807) is 12.1 Å². The van der Waals surface area contributed by atoms with Crippen molar-refractivity contribution >= 4 is 16.7 Å². The highest BCUT2D eigenvalue weighted by Gasteiger charge is 2.46. The molecule has 0 aliphatic heterocycles. The zero-order chi connectivity index (χ0) is 26.1. The first-order valence-corrected chi connectivity index (χ1v) is 12.6. The van der Waals surface area contributed by atoms with E-state index in [0.717, 1.165) is 17.2 Å². The van der Waals surface area contributed by atoms with E-state index in [1.807, 2.05) is 24.3 Å². The summed E-state index contributed by atoms with van der Waals surface area (Å²) in [7, 11) is 0. The highest BCUT2D eigenvalue weighted by Crippen LogP contribution is 2.57. The van der Waals surface area contributed by atoms with Gasteiger partial charge in [0.15, 0.2) is 0 Å². The normalized spacial score (nSPS) is 15.5. The second kappa shape index (κ2) is 9.56. The molecule has 0 saturated heterocycles. The van der Waals surface area contributed by atoms with E-state index < -0.39 is 11.4 Å². The minimum Gasteiger partial charge on any atom is -0.508 e. The van der Waals surface area contributed by atoms with E-state index in [9.17, 15) is 9.90 Å². The number of esters is 1. The number of benzene rings is 5. The first-order valence-electron chi connectivity index (χ1n) is 12.6. The van der Waals surface area contributed by atoms with Crippen molar-refractivity contribution < 1.29 is 19.4 Å². The van der Waals surface area contributed by atoms with Crippen molar-refractivity contribution in [1.82, 2.24) is 0 Å². The molecule has 38 heavy (non-hydrogen) atoms. The average Bonchev–Trinajstić information content (AvgIpc) is 3.25. The van der Waals surface area contributed by atoms with E-state index in [1.165, 1.54) is 33.0 Å². The molecule has 1 atom stereocenters. The van der Waals surface area contributed by atoms with Crippen molar-refractivity contribution in [3.05, 3.63) is 144 Å². The van der Waals surface area contributed by atoms with E-state index in [4.69, 9.17) is 9.47 Å². The molecule has 186 valence electrons. The SMILES string of the molecule is C=CC(=O)OCCOc1ccc(C2(c3ccc(O)cc3)c3ccccc3-c3cc4ccccc4cc32)cc1. The number of hydrogen-bond acceptors (Lipinski definition) is 4. The fourth-order valence-corrected chi connectivity index (χ4v) is 5.63. The molecular formula is C34H26O4. The van der Waals surface area contributed by atoms with Gasteiger partial charge < -0.3 is 14.6 Å². The summed E-state index contributed by atoms with van der Waals surface area (Å²) in [5.74, 6) is 0.454. The van der Waals surface area contributed by atoms with Crippen LogP contribution in [0, 0.1) is 0 Å². The molecule has 1 N–H and O–H groups in total. The van der Waals surface area contributed by atoms with Crippen molar-refractivity contribution in [2.75, 3.05) is 13.2 Å². The van der Waals surface area contributed by atoms with Gasteiger partial charge in [0.05, 0.1) is 5.41 Å². The Morgan fingerprint density at radius 1 is 0.737 bits per heavy atom. The van der Waals surface area contributed by atoms with Crippen LogP contribution in [0.4, 0.5) is 0 Å². The lowest BCUT2D eigenvalue weighted by atomic mass is 9.67. The number of carbonyl (C=O) groups excluding carboxylic acids is 1. The number of phenols is 1. The summed E-state index contributed by atoms with van der Waals surface area (Å²) in [6.45, 7) is 3.80. The summed E-state index contributed by atoms with van der Waals surface area (Å²) in [6, 6.07) is 37.2. The number of ether oxygens (including phenoxy) is 2. The first kappa shape index (κ1) is 23.6. The van der Waals surface area contributed by atoms with Crippen LogP contribution in [-0.2, 0) is 14.9 Å². The van der Waals surface area contributed by atoms with Crippen LogP contribution in [0.3, 0.4) is 0 Å². The van der Waals surface area contributed by atoms with E-state index in [2.05, 4.69) is 79.4 Å². The van der Waals surface area contributed by atoms with Crippen molar-refractivity contribution in [2.45, 2.75) is 5.41 Å². The van der Waals surface area contributed by atoms with Crippen LogP contribution in [0.1, 0.15) is 22.3 Å². The molecule has 5 aromatic rings. The number of rotatable bonds is 7. The summed E-state index contributed by atoms with van der Waals surface area (Å²) < 4.78 is 10.8. The van der Waals surface area contributed by atoms with Gasteiger partial charge in [0.1, 0.15) is 24.7 Å². The van der Waals surface area contributed by atoms with Gasteiger partial charge in [-0.05, 0) is 80.6 Å². The summed E-state index contributed by atoms with van der Waals surface area (Å²) in [4.78, 5) is 11.3. The van der Waals surface area contributed by atoms with Crippen molar-refractivity contribution in [3.63, 3.8) is 0 Å². The Kier molecular flexibility index (Phi) is 5.93. The van der Waals surface area contributed by atoms with E-state index >= 15 is 0 Å². The lowest BCUT2D eigenvalue weighted by molar-refractivity contribution is -0.138. The molecule has 0 heterocycles. The average molecular weight is 499 g/mol. The number of fused-ring (bicyclic) bond motifs is 4. The number of hydrogen-bond donors (Lipinski definition) is 1. The summed E-state index contributed by atoms with van der Waals surface area (Å²) in [5, 5.41) is 12.5. The van der Waals surface area contributed by atoms with Gasteiger partial charge in [-0.2, -0.15) is 0 Å². The summed E-state index contributed by atoms with van der Waals surface area (Å²) >= 11 is 0. The van der Waals surface area contributed by atoms with E-state index in [0.29, 0.717) is 5.75 Å². The van der Waals surface area contributed by atoms with Crippen molar-refractivity contribution in [1.29, 1.82) is 0 Å². The van der Waals surface area contributed by atoms with Gasteiger partial charge >= 0.3 is 5.97 Å². The molecule has 1 aliphatic carbocycles. The molecule has 0 saturated carbocycles. The van der Waals surface area contributed by atoms with Gasteiger partial charge in [-0.3, -0.25) is 0 Å². The molecule has 6 rings (SSSR count). The first-order chi connectivity index (χ1) is 18.6.